The minimum atomic E-state index is -4.44. The van der Waals surface area contributed by atoms with Gasteiger partial charge in [-0.05, 0) is 24.3 Å². The largest absolute Gasteiger partial charge is 0.469 e. The van der Waals surface area contributed by atoms with Gasteiger partial charge in [0, 0.05) is 12.8 Å². The first kappa shape index (κ1) is 17.0. The molecular formula is C13H14F3NO4. The van der Waals surface area contributed by atoms with Gasteiger partial charge >= 0.3 is 12.1 Å². The zero-order valence-corrected chi connectivity index (χ0v) is 11.4. The number of benzene rings is 1. The Balaban J connectivity index is 2.71. The van der Waals surface area contributed by atoms with E-state index in [1.165, 1.54) is 14.2 Å². The molecule has 0 spiro atoms. The van der Waals surface area contributed by atoms with Crippen LogP contribution >= 0.6 is 0 Å². The van der Waals surface area contributed by atoms with E-state index in [1.807, 2.05) is 0 Å². The molecule has 0 fully saturated rings. The van der Waals surface area contributed by atoms with Crippen LogP contribution in [0.15, 0.2) is 24.3 Å². The van der Waals surface area contributed by atoms with Gasteiger partial charge in [0.05, 0.1) is 19.1 Å². The predicted octanol–water partition coefficient (Wildman–Crippen LogP) is 2.22. The Morgan fingerprint density at radius 2 is 1.76 bits per heavy atom. The first-order valence-corrected chi connectivity index (χ1v) is 5.85. The summed E-state index contributed by atoms with van der Waals surface area (Å²) < 4.78 is 46.4. The van der Waals surface area contributed by atoms with Gasteiger partial charge in [0.1, 0.15) is 6.10 Å². The molecule has 0 saturated carbocycles. The Kier molecular flexibility index (Phi) is 5.71. The molecule has 0 heterocycles. The maximum absolute atomic E-state index is 12.4. The van der Waals surface area contributed by atoms with Crippen molar-refractivity contribution in [2.24, 2.45) is 0 Å². The lowest BCUT2D eigenvalue weighted by Gasteiger charge is -2.14. The molecule has 21 heavy (non-hydrogen) atoms. The standard InChI is InChI=1S/C13H14F3NO4/c1-20-10(7-11(18)21-2)12(19)17-9-5-3-8(4-6-9)13(14,15)16/h3-6,10H,7H2,1-2H3,(H,17,19). The Hall–Kier alpha value is -2.09. The normalized spacial score (nSPS) is 12.6. The van der Waals surface area contributed by atoms with Crippen molar-refractivity contribution in [3.05, 3.63) is 29.8 Å². The lowest BCUT2D eigenvalue weighted by molar-refractivity contribution is -0.146. The summed E-state index contributed by atoms with van der Waals surface area (Å²) in [5.74, 6) is -1.29. The fraction of sp³-hybridized carbons (Fsp3) is 0.385. The first-order valence-electron chi connectivity index (χ1n) is 5.85. The van der Waals surface area contributed by atoms with Crippen molar-refractivity contribution in [3.8, 4) is 0 Å². The van der Waals surface area contributed by atoms with E-state index >= 15 is 0 Å². The number of alkyl halides is 3. The van der Waals surface area contributed by atoms with Crippen LogP contribution in [0.3, 0.4) is 0 Å². The highest BCUT2D eigenvalue weighted by atomic mass is 19.4. The van der Waals surface area contributed by atoms with Gasteiger partial charge in [-0.15, -0.1) is 0 Å². The first-order chi connectivity index (χ1) is 9.77. The van der Waals surface area contributed by atoms with E-state index in [1.54, 1.807) is 0 Å². The third-order valence-corrected chi connectivity index (χ3v) is 2.64. The van der Waals surface area contributed by atoms with Crippen molar-refractivity contribution in [2.75, 3.05) is 19.5 Å². The zero-order chi connectivity index (χ0) is 16.0. The van der Waals surface area contributed by atoms with Crippen molar-refractivity contribution in [1.29, 1.82) is 0 Å². The van der Waals surface area contributed by atoms with Crippen molar-refractivity contribution in [1.82, 2.24) is 0 Å². The average molecular weight is 305 g/mol. The number of halogens is 3. The second-order valence-corrected chi connectivity index (χ2v) is 4.07. The lowest BCUT2D eigenvalue weighted by Crippen LogP contribution is -2.32. The molecule has 0 saturated heterocycles. The monoisotopic (exact) mass is 305 g/mol. The molecule has 1 N–H and O–H groups in total. The van der Waals surface area contributed by atoms with E-state index in [-0.39, 0.29) is 12.1 Å². The van der Waals surface area contributed by atoms with Gasteiger partial charge < -0.3 is 14.8 Å². The fourth-order valence-electron chi connectivity index (χ4n) is 1.48. The molecule has 1 atom stereocenters. The van der Waals surface area contributed by atoms with Gasteiger partial charge in [-0.1, -0.05) is 0 Å². The van der Waals surface area contributed by atoms with Crippen LogP contribution in [0.25, 0.3) is 0 Å². The summed E-state index contributed by atoms with van der Waals surface area (Å²) >= 11 is 0. The number of ether oxygens (including phenoxy) is 2. The second-order valence-electron chi connectivity index (χ2n) is 4.07. The number of hydrogen-bond donors (Lipinski definition) is 1. The minimum Gasteiger partial charge on any atom is -0.469 e. The van der Waals surface area contributed by atoms with Crippen LogP contribution in [-0.2, 0) is 25.2 Å². The molecule has 0 radical (unpaired) electrons. The third-order valence-electron chi connectivity index (χ3n) is 2.64. The molecule has 0 aliphatic carbocycles. The Bertz CT molecular complexity index is 499. The van der Waals surface area contributed by atoms with Gasteiger partial charge in [0.2, 0.25) is 0 Å². The number of carbonyl (C=O) groups excluding carboxylic acids is 2. The zero-order valence-electron chi connectivity index (χ0n) is 11.4. The van der Waals surface area contributed by atoms with Crippen molar-refractivity contribution < 1.29 is 32.2 Å². The number of methoxy groups -OCH3 is 2. The SMILES string of the molecule is COC(=O)CC(OC)C(=O)Nc1ccc(C(F)(F)F)cc1. The maximum Gasteiger partial charge on any atom is 0.416 e. The Morgan fingerprint density at radius 1 is 1.19 bits per heavy atom. The maximum atomic E-state index is 12.4. The van der Waals surface area contributed by atoms with Crippen LogP contribution in [0.2, 0.25) is 0 Å². The van der Waals surface area contributed by atoms with E-state index in [0.717, 1.165) is 24.3 Å². The molecule has 0 bridgehead atoms. The van der Waals surface area contributed by atoms with E-state index in [0.29, 0.717) is 0 Å². The number of amides is 1. The lowest BCUT2D eigenvalue weighted by atomic mass is 10.2. The van der Waals surface area contributed by atoms with E-state index < -0.39 is 29.7 Å². The molecule has 1 amide bonds. The summed E-state index contributed by atoms with van der Waals surface area (Å²) in [6.45, 7) is 0. The molecule has 116 valence electrons. The highest BCUT2D eigenvalue weighted by Crippen LogP contribution is 2.29. The average Bonchev–Trinajstić information content (AvgIpc) is 2.43. The third kappa shape index (κ3) is 5.07. The Labute approximate surface area is 119 Å². The molecule has 0 aliphatic rings. The van der Waals surface area contributed by atoms with E-state index in [2.05, 4.69) is 10.1 Å². The molecule has 8 heteroatoms. The summed E-state index contributed by atoms with van der Waals surface area (Å²) in [6, 6.07) is 3.92. The van der Waals surface area contributed by atoms with Gasteiger partial charge in [-0.25, -0.2) is 0 Å². The van der Waals surface area contributed by atoms with Crippen LogP contribution in [0.4, 0.5) is 18.9 Å². The molecule has 5 nitrogen and oxygen atoms in total. The minimum absolute atomic E-state index is 0.167. The number of rotatable bonds is 5. The summed E-state index contributed by atoms with van der Waals surface area (Å²) in [4.78, 5) is 22.9. The van der Waals surface area contributed by atoms with E-state index in [4.69, 9.17) is 4.74 Å². The van der Waals surface area contributed by atoms with Gasteiger partial charge in [-0.3, -0.25) is 9.59 Å². The van der Waals surface area contributed by atoms with Crippen LogP contribution in [0, 0.1) is 0 Å². The van der Waals surface area contributed by atoms with Crippen LogP contribution < -0.4 is 5.32 Å². The van der Waals surface area contributed by atoms with Gasteiger partial charge in [0.25, 0.3) is 5.91 Å². The number of anilines is 1. The Morgan fingerprint density at radius 3 is 2.19 bits per heavy atom. The van der Waals surface area contributed by atoms with Gasteiger partial charge in [-0.2, -0.15) is 13.2 Å². The molecule has 0 aliphatic heterocycles. The van der Waals surface area contributed by atoms with Gasteiger partial charge in [0.15, 0.2) is 0 Å². The second kappa shape index (κ2) is 7.07. The topological polar surface area (TPSA) is 64.6 Å². The smallest absolute Gasteiger partial charge is 0.416 e. The highest BCUT2D eigenvalue weighted by molar-refractivity contribution is 5.96. The summed E-state index contributed by atoms with van der Waals surface area (Å²) in [5.41, 5.74) is -0.654. The summed E-state index contributed by atoms with van der Waals surface area (Å²) in [6.07, 6.45) is -5.82. The van der Waals surface area contributed by atoms with Crippen LogP contribution in [-0.4, -0.2) is 32.2 Å². The van der Waals surface area contributed by atoms with Crippen molar-refractivity contribution in [3.63, 3.8) is 0 Å². The summed E-state index contributed by atoms with van der Waals surface area (Å²) in [5, 5.41) is 2.36. The number of hydrogen-bond acceptors (Lipinski definition) is 4. The highest BCUT2D eigenvalue weighted by Gasteiger charge is 2.30. The molecule has 1 aromatic rings. The molecule has 1 unspecified atom stereocenters. The van der Waals surface area contributed by atoms with Crippen LogP contribution in [0.1, 0.15) is 12.0 Å². The predicted molar refractivity (Wildman–Crippen MR) is 67.5 cm³/mol. The quantitative estimate of drug-likeness (QED) is 0.847. The van der Waals surface area contributed by atoms with Crippen molar-refractivity contribution in [2.45, 2.75) is 18.7 Å². The number of carbonyl (C=O) groups is 2. The van der Waals surface area contributed by atoms with E-state index in [9.17, 15) is 22.8 Å². The van der Waals surface area contributed by atoms with Crippen molar-refractivity contribution >= 4 is 17.6 Å². The molecule has 1 aromatic carbocycles. The number of nitrogens with one attached hydrogen (secondary N) is 1. The van der Waals surface area contributed by atoms with Crippen LogP contribution in [0.5, 0.6) is 0 Å². The molecular weight excluding hydrogens is 291 g/mol. The summed E-state index contributed by atoms with van der Waals surface area (Å²) in [7, 11) is 2.41. The number of esters is 1. The molecule has 1 rings (SSSR count). The fourth-order valence-corrected chi connectivity index (χ4v) is 1.48. The molecule has 0 aromatic heterocycles.